The van der Waals surface area contributed by atoms with Gasteiger partial charge >= 0.3 is 6.18 Å². The number of hydrogen-bond donors (Lipinski definition) is 2. The van der Waals surface area contributed by atoms with Crippen LogP contribution in [0.15, 0.2) is 53.4 Å². The smallest absolute Gasteiger partial charge is 0.326 e. The first-order valence-corrected chi connectivity index (χ1v) is 10.3. The van der Waals surface area contributed by atoms with Crippen LogP contribution in [-0.2, 0) is 21.0 Å². The van der Waals surface area contributed by atoms with Crippen LogP contribution in [0.25, 0.3) is 16.9 Å². The molecule has 0 spiro atoms. The highest BCUT2D eigenvalue weighted by Crippen LogP contribution is 2.35. The van der Waals surface area contributed by atoms with Crippen molar-refractivity contribution in [2.24, 2.45) is 5.14 Å². The van der Waals surface area contributed by atoms with E-state index < -0.39 is 27.7 Å². The number of alkyl halides is 3. The third-order valence-electron chi connectivity index (χ3n) is 4.26. The van der Waals surface area contributed by atoms with Crippen LogP contribution in [-0.4, -0.2) is 24.1 Å². The number of rotatable bonds is 5. The van der Waals surface area contributed by atoms with E-state index in [4.69, 9.17) is 5.14 Å². The number of carbonyl (C=O) groups is 1. The molecule has 3 aromatic rings. The molecule has 164 valence electrons. The molecule has 1 aromatic heterocycles. The van der Waals surface area contributed by atoms with Crippen molar-refractivity contribution in [2.75, 3.05) is 5.32 Å². The van der Waals surface area contributed by atoms with Gasteiger partial charge in [-0.15, -0.1) is 0 Å². The van der Waals surface area contributed by atoms with Gasteiger partial charge in [-0.25, -0.2) is 22.6 Å². The van der Waals surface area contributed by atoms with Gasteiger partial charge < -0.3 is 5.32 Å². The van der Waals surface area contributed by atoms with Gasteiger partial charge in [0.15, 0.2) is 5.69 Å². The fourth-order valence-electron chi connectivity index (χ4n) is 2.73. The Labute approximate surface area is 174 Å². The fraction of sp³-hybridized carbons (Fsp3) is 0.158. The molecule has 0 unspecified atom stereocenters. The molecular formula is C19H16F4N4O3S. The summed E-state index contributed by atoms with van der Waals surface area (Å²) < 4.78 is 78.2. The lowest BCUT2D eigenvalue weighted by atomic mass is 10.1. The van der Waals surface area contributed by atoms with E-state index in [-0.39, 0.29) is 39.9 Å². The first-order valence-electron chi connectivity index (χ1n) is 8.80. The average molecular weight is 456 g/mol. The van der Waals surface area contributed by atoms with E-state index in [1.165, 1.54) is 24.3 Å². The summed E-state index contributed by atoms with van der Waals surface area (Å²) in [4.78, 5) is 11.4. The molecule has 3 N–H and O–H groups in total. The first-order chi connectivity index (χ1) is 14.4. The standard InChI is InChI=1S/C19H16F4N4O3S/c1-2-18(28)25-11-3-8-15(20)14(9-11)16-10-17(19(21,22)23)26-27(16)12-4-6-13(7-5-12)31(24,29)30/h3-10H,2H2,1H3,(H,25,28)(H2,24,29,30). The molecular weight excluding hydrogens is 440 g/mol. The number of nitrogens with one attached hydrogen (secondary N) is 1. The molecule has 3 rings (SSSR count). The molecule has 0 aliphatic heterocycles. The topological polar surface area (TPSA) is 107 Å². The zero-order valence-corrected chi connectivity index (χ0v) is 16.8. The van der Waals surface area contributed by atoms with Crippen LogP contribution in [0.1, 0.15) is 19.0 Å². The molecule has 0 saturated heterocycles. The minimum Gasteiger partial charge on any atom is -0.326 e. The molecule has 1 amide bonds. The Balaban J connectivity index is 2.18. The maximum absolute atomic E-state index is 14.6. The van der Waals surface area contributed by atoms with E-state index in [0.29, 0.717) is 6.07 Å². The minimum absolute atomic E-state index is 0.0419. The molecule has 0 radical (unpaired) electrons. The number of nitrogens with two attached hydrogens (primary N) is 1. The van der Waals surface area contributed by atoms with E-state index in [0.717, 1.165) is 22.9 Å². The maximum atomic E-state index is 14.6. The quantitative estimate of drug-likeness (QED) is 0.571. The second-order valence-corrected chi connectivity index (χ2v) is 8.02. The highest BCUT2D eigenvalue weighted by atomic mass is 32.2. The Bertz CT molecular complexity index is 1240. The number of anilines is 1. The number of hydrogen-bond acceptors (Lipinski definition) is 4. The zero-order valence-electron chi connectivity index (χ0n) is 15.9. The second kappa shape index (κ2) is 8.12. The molecule has 2 aromatic carbocycles. The van der Waals surface area contributed by atoms with Crippen molar-refractivity contribution in [3.8, 4) is 16.9 Å². The van der Waals surface area contributed by atoms with Gasteiger partial charge in [-0.05, 0) is 48.5 Å². The Morgan fingerprint density at radius 1 is 1.13 bits per heavy atom. The van der Waals surface area contributed by atoms with E-state index in [9.17, 15) is 30.8 Å². The number of nitrogens with zero attached hydrogens (tertiary/aromatic N) is 2. The highest BCUT2D eigenvalue weighted by Gasteiger charge is 2.35. The summed E-state index contributed by atoms with van der Waals surface area (Å²) in [6, 6.07) is 8.71. The highest BCUT2D eigenvalue weighted by molar-refractivity contribution is 7.89. The van der Waals surface area contributed by atoms with Gasteiger partial charge in [0.05, 0.1) is 16.3 Å². The van der Waals surface area contributed by atoms with Crippen LogP contribution in [0, 0.1) is 5.82 Å². The van der Waals surface area contributed by atoms with Crippen LogP contribution in [0.4, 0.5) is 23.2 Å². The maximum Gasteiger partial charge on any atom is 0.435 e. The van der Waals surface area contributed by atoms with Crippen molar-refractivity contribution < 1.29 is 30.8 Å². The molecule has 31 heavy (non-hydrogen) atoms. The third kappa shape index (κ3) is 4.91. The van der Waals surface area contributed by atoms with Gasteiger partial charge in [-0.3, -0.25) is 4.79 Å². The minimum atomic E-state index is -4.81. The van der Waals surface area contributed by atoms with E-state index in [1.54, 1.807) is 6.92 Å². The molecule has 12 heteroatoms. The van der Waals surface area contributed by atoms with Crippen LogP contribution in [0.2, 0.25) is 0 Å². The Morgan fingerprint density at radius 3 is 2.32 bits per heavy atom. The van der Waals surface area contributed by atoms with Crippen LogP contribution >= 0.6 is 0 Å². The van der Waals surface area contributed by atoms with Crippen LogP contribution in [0.3, 0.4) is 0 Å². The summed E-state index contributed by atoms with van der Waals surface area (Å²) in [6.07, 6.45) is -4.66. The zero-order chi connectivity index (χ0) is 23.0. The summed E-state index contributed by atoms with van der Waals surface area (Å²) in [5, 5.41) is 11.1. The molecule has 0 aliphatic rings. The molecule has 7 nitrogen and oxygen atoms in total. The Morgan fingerprint density at radius 2 is 1.77 bits per heavy atom. The van der Waals surface area contributed by atoms with Gasteiger partial charge in [0.25, 0.3) is 0 Å². The number of carbonyl (C=O) groups excluding carboxylic acids is 1. The Kier molecular flexibility index (Phi) is 5.87. The van der Waals surface area contributed by atoms with Crippen LogP contribution < -0.4 is 10.5 Å². The molecule has 1 heterocycles. The van der Waals surface area contributed by atoms with Crippen molar-refractivity contribution in [1.82, 2.24) is 9.78 Å². The van der Waals surface area contributed by atoms with Crippen LogP contribution in [0.5, 0.6) is 0 Å². The van der Waals surface area contributed by atoms with Crippen molar-refractivity contribution in [3.05, 3.63) is 60.0 Å². The first kappa shape index (κ1) is 22.4. The molecule has 0 atom stereocenters. The second-order valence-electron chi connectivity index (χ2n) is 6.46. The number of amides is 1. The summed E-state index contributed by atoms with van der Waals surface area (Å²) >= 11 is 0. The predicted octanol–water partition coefficient (Wildman–Crippen LogP) is 3.69. The van der Waals surface area contributed by atoms with Crippen molar-refractivity contribution in [2.45, 2.75) is 24.4 Å². The van der Waals surface area contributed by atoms with Gasteiger partial charge in [0.1, 0.15) is 5.82 Å². The van der Waals surface area contributed by atoms with Gasteiger partial charge in [-0.2, -0.15) is 18.3 Å². The molecule has 0 bridgehead atoms. The van der Waals surface area contributed by atoms with Crippen molar-refractivity contribution in [3.63, 3.8) is 0 Å². The van der Waals surface area contributed by atoms with Gasteiger partial charge in [0, 0.05) is 17.7 Å². The lowest BCUT2D eigenvalue weighted by Crippen LogP contribution is -2.12. The normalized spacial score (nSPS) is 12.1. The van der Waals surface area contributed by atoms with Gasteiger partial charge in [-0.1, -0.05) is 6.92 Å². The summed E-state index contributed by atoms with van der Waals surface area (Å²) in [7, 11) is -4.02. The SMILES string of the molecule is CCC(=O)Nc1ccc(F)c(-c2cc(C(F)(F)F)nn2-c2ccc(S(N)(=O)=O)cc2)c1. The molecule has 0 fully saturated rings. The lowest BCUT2D eigenvalue weighted by molar-refractivity contribution is -0.141. The largest absolute Gasteiger partial charge is 0.435 e. The molecule has 0 aliphatic carbocycles. The monoisotopic (exact) mass is 456 g/mol. The Hall–Kier alpha value is -3.25. The average Bonchev–Trinajstić information content (AvgIpc) is 3.14. The number of sulfonamides is 1. The fourth-order valence-corrected chi connectivity index (χ4v) is 3.25. The lowest BCUT2D eigenvalue weighted by Gasteiger charge is -2.11. The number of primary sulfonamides is 1. The van der Waals surface area contributed by atoms with E-state index in [1.807, 2.05) is 0 Å². The van der Waals surface area contributed by atoms with E-state index >= 15 is 0 Å². The van der Waals surface area contributed by atoms with Crippen molar-refractivity contribution >= 4 is 21.6 Å². The number of halogens is 4. The predicted molar refractivity (Wildman–Crippen MR) is 104 cm³/mol. The van der Waals surface area contributed by atoms with E-state index in [2.05, 4.69) is 10.4 Å². The number of aromatic nitrogens is 2. The van der Waals surface area contributed by atoms with Gasteiger partial charge in [0.2, 0.25) is 15.9 Å². The third-order valence-corrected chi connectivity index (χ3v) is 5.19. The van der Waals surface area contributed by atoms with Crippen molar-refractivity contribution in [1.29, 1.82) is 0 Å². The summed E-state index contributed by atoms with van der Waals surface area (Å²) in [5.41, 5.74) is -1.54. The summed E-state index contributed by atoms with van der Waals surface area (Å²) in [6.45, 7) is 1.61. The molecule has 0 saturated carbocycles. The summed E-state index contributed by atoms with van der Waals surface area (Å²) in [5.74, 6) is -1.20. The number of benzene rings is 2.